The topological polar surface area (TPSA) is 46.3 Å². The molecule has 1 unspecified atom stereocenters. The van der Waals surface area contributed by atoms with Crippen LogP contribution in [0.2, 0.25) is 0 Å². The van der Waals surface area contributed by atoms with Crippen LogP contribution in [0.5, 0.6) is 0 Å². The molecule has 0 aromatic rings. The van der Waals surface area contributed by atoms with Gasteiger partial charge in [0, 0.05) is 13.6 Å². The zero-order valence-electron chi connectivity index (χ0n) is 10.1. The Labute approximate surface area is 93.8 Å². The second kappa shape index (κ2) is 5.03. The summed E-state index contributed by atoms with van der Waals surface area (Å²) in [5, 5.41) is 0. The van der Waals surface area contributed by atoms with Crippen LogP contribution in [0.4, 0.5) is 13.2 Å². The largest absolute Gasteiger partial charge is 0.390 e. The number of carbonyl (C=O) groups excluding carboxylic acids is 1. The maximum absolute atomic E-state index is 11.9. The van der Waals surface area contributed by atoms with E-state index in [4.69, 9.17) is 5.73 Å². The first-order valence-corrected chi connectivity index (χ1v) is 5.02. The average Bonchev–Trinajstić information content (AvgIpc) is 2.09. The number of carbonyl (C=O) groups is 1. The molecular formula is C10H19F3N2O. The fourth-order valence-electron chi connectivity index (χ4n) is 1.01. The molecule has 0 spiro atoms. The van der Waals surface area contributed by atoms with Gasteiger partial charge in [0.1, 0.15) is 0 Å². The normalized spacial score (nSPS) is 14.8. The highest BCUT2D eigenvalue weighted by Crippen LogP contribution is 2.21. The Bertz CT molecular complexity index is 245. The summed E-state index contributed by atoms with van der Waals surface area (Å²) < 4.78 is 35.8. The minimum absolute atomic E-state index is 0.355. The van der Waals surface area contributed by atoms with Crippen LogP contribution in [0.3, 0.4) is 0 Å². The molecule has 0 saturated carbocycles. The summed E-state index contributed by atoms with van der Waals surface area (Å²) in [6.45, 7) is 4.96. The van der Waals surface area contributed by atoms with E-state index in [9.17, 15) is 18.0 Å². The molecular weight excluding hydrogens is 221 g/mol. The molecule has 0 radical (unpaired) electrons. The number of nitrogens with two attached hydrogens (primary N) is 1. The molecule has 0 aliphatic heterocycles. The maximum Gasteiger partial charge on any atom is 0.390 e. The van der Waals surface area contributed by atoms with Crippen molar-refractivity contribution in [3.63, 3.8) is 0 Å². The third kappa shape index (κ3) is 5.34. The van der Waals surface area contributed by atoms with Crippen LogP contribution in [0.1, 0.15) is 27.2 Å². The molecule has 16 heavy (non-hydrogen) atoms. The third-order valence-corrected chi connectivity index (χ3v) is 2.31. The molecule has 0 heterocycles. The first kappa shape index (κ1) is 15.2. The second-order valence-electron chi connectivity index (χ2n) is 4.97. The number of likely N-dealkylation sites (N-methyl/N-ethyl adjacent to an activating group) is 1. The molecule has 1 amide bonds. The average molecular weight is 240 g/mol. The van der Waals surface area contributed by atoms with Crippen molar-refractivity contribution < 1.29 is 18.0 Å². The highest BCUT2D eigenvalue weighted by molar-refractivity contribution is 5.82. The van der Waals surface area contributed by atoms with E-state index in [0.717, 1.165) is 4.90 Å². The number of hydrogen-bond donors (Lipinski definition) is 1. The molecule has 1 atom stereocenters. The van der Waals surface area contributed by atoms with E-state index in [0.29, 0.717) is 0 Å². The summed E-state index contributed by atoms with van der Waals surface area (Å²) in [4.78, 5) is 12.7. The molecule has 0 saturated heterocycles. The number of halogens is 3. The van der Waals surface area contributed by atoms with Gasteiger partial charge in [-0.1, -0.05) is 20.8 Å². The van der Waals surface area contributed by atoms with Crippen molar-refractivity contribution in [2.24, 2.45) is 11.1 Å². The van der Waals surface area contributed by atoms with E-state index in [1.807, 2.05) is 0 Å². The van der Waals surface area contributed by atoms with Gasteiger partial charge < -0.3 is 10.6 Å². The number of amides is 1. The standard InChI is InChI=1S/C10H19F3N2O/c1-9(2,3)7(14)8(16)15(4)6-5-10(11,12)13/h7H,5-6,14H2,1-4H3. The van der Waals surface area contributed by atoms with E-state index < -0.39 is 30.0 Å². The lowest BCUT2D eigenvalue weighted by Crippen LogP contribution is -2.49. The van der Waals surface area contributed by atoms with Crippen LogP contribution in [0.15, 0.2) is 0 Å². The van der Waals surface area contributed by atoms with Gasteiger partial charge in [0.15, 0.2) is 0 Å². The van der Waals surface area contributed by atoms with Crippen molar-refractivity contribution in [3.8, 4) is 0 Å². The van der Waals surface area contributed by atoms with Crippen LogP contribution >= 0.6 is 0 Å². The highest BCUT2D eigenvalue weighted by atomic mass is 19.4. The summed E-state index contributed by atoms with van der Waals surface area (Å²) >= 11 is 0. The quantitative estimate of drug-likeness (QED) is 0.817. The van der Waals surface area contributed by atoms with Gasteiger partial charge >= 0.3 is 6.18 Å². The Hall–Kier alpha value is -0.780. The lowest BCUT2D eigenvalue weighted by molar-refractivity contribution is -0.145. The predicted molar refractivity (Wildman–Crippen MR) is 55.7 cm³/mol. The molecule has 6 heteroatoms. The lowest BCUT2D eigenvalue weighted by Gasteiger charge is -2.30. The monoisotopic (exact) mass is 240 g/mol. The van der Waals surface area contributed by atoms with E-state index in [1.54, 1.807) is 20.8 Å². The van der Waals surface area contributed by atoms with Gasteiger partial charge in [-0.3, -0.25) is 4.79 Å². The molecule has 0 aromatic heterocycles. The Morgan fingerprint density at radius 3 is 2.06 bits per heavy atom. The van der Waals surface area contributed by atoms with Crippen molar-refractivity contribution in [1.29, 1.82) is 0 Å². The van der Waals surface area contributed by atoms with Crippen molar-refractivity contribution in [2.45, 2.75) is 39.4 Å². The first-order valence-electron chi connectivity index (χ1n) is 5.02. The number of nitrogens with zero attached hydrogens (tertiary/aromatic N) is 1. The van der Waals surface area contributed by atoms with Gasteiger partial charge in [-0.25, -0.2) is 0 Å². The van der Waals surface area contributed by atoms with Crippen LogP contribution < -0.4 is 5.73 Å². The van der Waals surface area contributed by atoms with Crippen LogP contribution in [0.25, 0.3) is 0 Å². The molecule has 0 bridgehead atoms. The van der Waals surface area contributed by atoms with Crippen LogP contribution in [0, 0.1) is 5.41 Å². The Morgan fingerprint density at radius 2 is 1.75 bits per heavy atom. The Morgan fingerprint density at radius 1 is 1.31 bits per heavy atom. The fraction of sp³-hybridized carbons (Fsp3) is 0.900. The zero-order valence-corrected chi connectivity index (χ0v) is 10.1. The van der Waals surface area contributed by atoms with Gasteiger partial charge in [-0.05, 0) is 5.41 Å². The first-order chi connectivity index (χ1) is 6.95. The number of hydrogen-bond acceptors (Lipinski definition) is 2. The highest BCUT2D eigenvalue weighted by Gasteiger charge is 2.32. The lowest BCUT2D eigenvalue weighted by atomic mass is 9.86. The van der Waals surface area contributed by atoms with Crippen molar-refractivity contribution in [2.75, 3.05) is 13.6 Å². The summed E-state index contributed by atoms with van der Waals surface area (Å²) in [5.41, 5.74) is 5.21. The predicted octanol–water partition coefficient (Wildman–Crippen LogP) is 1.77. The summed E-state index contributed by atoms with van der Waals surface area (Å²) in [6.07, 6.45) is -5.26. The van der Waals surface area contributed by atoms with Crippen molar-refractivity contribution in [1.82, 2.24) is 4.90 Å². The fourth-order valence-corrected chi connectivity index (χ4v) is 1.01. The van der Waals surface area contributed by atoms with E-state index >= 15 is 0 Å². The summed E-state index contributed by atoms with van der Waals surface area (Å²) in [5.74, 6) is -0.461. The number of rotatable bonds is 3. The molecule has 96 valence electrons. The Balaban J connectivity index is 4.30. The van der Waals surface area contributed by atoms with E-state index in [1.165, 1.54) is 7.05 Å². The molecule has 0 aliphatic rings. The summed E-state index contributed by atoms with van der Waals surface area (Å²) in [6, 6.07) is -0.786. The molecule has 0 aromatic carbocycles. The van der Waals surface area contributed by atoms with Crippen LogP contribution in [-0.4, -0.2) is 36.6 Å². The maximum atomic E-state index is 11.9. The molecule has 0 rings (SSSR count). The molecule has 3 nitrogen and oxygen atoms in total. The zero-order chi connectivity index (χ0) is 13.1. The van der Waals surface area contributed by atoms with Crippen molar-refractivity contribution >= 4 is 5.91 Å². The molecule has 0 aliphatic carbocycles. The third-order valence-electron chi connectivity index (χ3n) is 2.31. The second-order valence-corrected chi connectivity index (χ2v) is 4.97. The van der Waals surface area contributed by atoms with Gasteiger partial charge in [0.05, 0.1) is 12.5 Å². The van der Waals surface area contributed by atoms with Crippen molar-refractivity contribution in [3.05, 3.63) is 0 Å². The minimum Gasteiger partial charge on any atom is -0.344 e. The van der Waals surface area contributed by atoms with E-state index in [2.05, 4.69) is 0 Å². The SMILES string of the molecule is CN(CCC(F)(F)F)C(=O)C(N)C(C)(C)C. The summed E-state index contributed by atoms with van der Waals surface area (Å²) in [7, 11) is 1.33. The molecule has 0 fully saturated rings. The molecule has 2 N–H and O–H groups in total. The van der Waals surface area contributed by atoms with Gasteiger partial charge in [-0.2, -0.15) is 13.2 Å². The van der Waals surface area contributed by atoms with E-state index in [-0.39, 0.29) is 6.54 Å². The van der Waals surface area contributed by atoms with Gasteiger partial charge in [0.2, 0.25) is 5.91 Å². The van der Waals surface area contributed by atoms with Crippen LogP contribution in [-0.2, 0) is 4.79 Å². The number of alkyl halides is 3. The Kier molecular flexibility index (Phi) is 4.79. The minimum atomic E-state index is -4.25. The van der Waals surface area contributed by atoms with Gasteiger partial charge in [0.25, 0.3) is 0 Å². The van der Waals surface area contributed by atoms with Gasteiger partial charge in [-0.15, -0.1) is 0 Å². The smallest absolute Gasteiger partial charge is 0.344 e.